The average Bonchev–Trinajstić information content (AvgIpc) is 2.05. The van der Waals surface area contributed by atoms with Crippen molar-refractivity contribution in [1.29, 1.82) is 0 Å². The Kier molecular flexibility index (Phi) is 3.38. The van der Waals surface area contributed by atoms with Crippen LogP contribution in [-0.4, -0.2) is 13.3 Å². The van der Waals surface area contributed by atoms with Crippen LogP contribution in [0.1, 0.15) is 0 Å². The molecular formula is C6H4Cl2N2O4S. The van der Waals surface area contributed by atoms with Crippen LogP contribution in [0.5, 0.6) is 0 Å². The lowest BCUT2D eigenvalue weighted by Gasteiger charge is -2.02. The molecule has 1 aromatic rings. The molecule has 0 spiro atoms. The predicted molar refractivity (Wildman–Crippen MR) is 56.5 cm³/mol. The number of hydrogen-bond donors (Lipinski definition) is 1. The highest BCUT2D eigenvalue weighted by Gasteiger charge is 2.14. The lowest BCUT2D eigenvalue weighted by Crippen LogP contribution is -2.04. The van der Waals surface area contributed by atoms with Crippen LogP contribution < -0.4 is 4.72 Å². The van der Waals surface area contributed by atoms with E-state index < -0.39 is 19.8 Å². The Balaban J connectivity index is 3.14. The van der Waals surface area contributed by atoms with Crippen LogP contribution in [0.3, 0.4) is 0 Å². The first-order chi connectivity index (χ1) is 6.79. The van der Waals surface area contributed by atoms with E-state index in [2.05, 4.69) is 0 Å². The quantitative estimate of drug-likeness (QED) is 0.518. The zero-order valence-corrected chi connectivity index (χ0v) is 9.30. The minimum Gasteiger partial charge on any atom is -0.271 e. The Morgan fingerprint density at radius 1 is 1.40 bits per heavy atom. The van der Waals surface area contributed by atoms with Crippen LogP contribution in [0.25, 0.3) is 0 Å². The number of halogens is 2. The van der Waals surface area contributed by atoms with Crippen molar-refractivity contribution in [3.05, 3.63) is 33.3 Å². The van der Waals surface area contributed by atoms with Gasteiger partial charge in [-0.2, -0.15) is 8.42 Å². The van der Waals surface area contributed by atoms with Crippen LogP contribution in [-0.2, 0) is 9.24 Å². The van der Waals surface area contributed by atoms with Crippen LogP contribution in [0.2, 0.25) is 5.02 Å². The van der Waals surface area contributed by atoms with Gasteiger partial charge in [-0.25, -0.2) is 0 Å². The third-order valence-corrected chi connectivity index (χ3v) is 2.41. The van der Waals surface area contributed by atoms with Gasteiger partial charge in [-0.3, -0.25) is 14.8 Å². The summed E-state index contributed by atoms with van der Waals surface area (Å²) in [5.74, 6) is 0. The van der Waals surface area contributed by atoms with Crippen molar-refractivity contribution < 1.29 is 13.3 Å². The minimum atomic E-state index is -3.98. The van der Waals surface area contributed by atoms with Crippen molar-refractivity contribution in [2.75, 3.05) is 4.72 Å². The summed E-state index contributed by atoms with van der Waals surface area (Å²) in [7, 11) is 0.922. The van der Waals surface area contributed by atoms with Gasteiger partial charge in [0.1, 0.15) is 5.02 Å². The maximum absolute atomic E-state index is 10.6. The summed E-state index contributed by atoms with van der Waals surface area (Å²) in [4.78, 5) is 9.72. The molecule has 0 saturated heterocycles. The summed E-state index contributed by atoms with van der Waals surface area (Å²) in [5.41, 5.74) is -0.428. The number of nitrogens with one attached hydrogen (secondary N) is 1. The molecule has 1 rings (SSSR count). The molecule has 0 aliphatic rings. The summed E-state index contributed by atoms with van der Waals surface area (Å²) < 4.78 is 23.1. The first kappa shape index (κ1) is 12.0. The van der Waals surface area contributed by atoms with Crippen molar-refractivity contribution in [3.8, 4) is 0 Å². The Labute approximate surface area is 94.5 Å². The van der Waals surface area contributed by atoms with Crippen molar-refractivity contribution in [1.82, 2.24) is 0 Å². The van der Waals surface area contributed by atoms with E-state index in [1.54, 1.807) is 0 Å². The summed E-state index contributed by atoms with van der Waals surface area (Å²) in [5, 5.41) is 10.4. The number of nitro groups is 1. The topological polar surface area (TPSA) is 89.3 Å². The maximum atomic E-state index is 10.6. The van der Waals surface area contributed by atoms with Gasteiger partial charge in [0.2, 0.25) is 0 Å². The zero-order chi connectivity index (χ0) is 11.6. The smallest absolute Gasteiger partial charge is 0.271 e. The number of benzene rings is 1. The van der Waals surface area contributed by atoms with Crippen LogP contribution >= 0.6 is 22.3 Å². The van der Waals surface area contributed by atoms with Crippen molar-refractivity contribution in [2.24, 2.45) is 0 Å². The van der Waals surface area contributed by atoms with E-state index >= 15 is 0 Å². The molecule has 0 aliphatic heterocycles. The molecule has 0 aromatic heterocycles. The molecule has 0 heterocycles. The highest BCUT2D eigenvalue weighted by atomic mass is 35.7. The lowest BCUT2D eigenvalue weighted by atomic mass is 10.3. The molecule has 0 radical (unpaired) electrons. The lowest BCUT2D eigenvalue weighted by molar-refractivity contribution is -0.384. The molecule has 82 valence electrons. The van der Waals surface area contributed by atoms with Gasteiger partial charge in [-0.1, -0.05) is 11.6 Å². The highest BCUT2D eigenvalue weighted by molar-refractivity contribution is 8.14. The summed E-state index contributed by atoms with van der Waals surface area (Å²) in [6.45, 7) is 0. The van der Waals surface area contributed by atoms with Gasteiger partial charge in [0.15, 0.2) is 0 Å². The molecule has 9 heteroatoms. The van der Waals surface area contributed by atoms with E-state index in [0.29, 0.717) is 0 Å². The fourth-order valence-electron chi connectivity index (χ4n) is 0.857. The van der Waals surface area contributed by atoms with E-state index in [9.17, 15) is 18.5 Å². The molecule has 0 amide bonds. The predicted octanol–water partition coefficient (Wildman–Crippen LogP) is 2.14. The van der Waals surface area contributed by atoms with E-state index in [4.69, 9.17) is 22.3 Å². The molecule has 0 fully saturated rings. The molecule has 1 aromatic carbocycles. The normalized spacial score (nSPS) is 11.1. The van der Waals surface area contributed by atoms with Crippen molar-refractivity contribution >= 4 is 42.9 Å². The Hall–Kier alpha value is -1.05. The zero-order valence-electron chi connectivity index (χ0n) is 6.98. The minimum absolute atomic E-state index is 0.0268. The van der Waals surface area contributed by atoms with Gasteiger partial charge in [0, 0.05) is 16.7 Å². The summed E-state index contributed by atoms with van der Waals surface area (Å²) >= 11 is 5.51. The van der Waals surface area contributed by atoms with Gasteiger partial charge >= 0.3 is 9.24 Å². The number of rotatable bonds is 3. The third-order valence-electron chi connectivity index (χ3n) is 1.38. The van der Waals surface area contributed by atoms with E-state index in [0.717, 1.165) is 6.07 Å². The molecule has 1 N–H and O–H groups in total. The molecule has 6 nitrogen and oxygen atoms in total. The van der Waals surface area contributed by atoms with Gasteiger partial charge in [0.25, 0.3) is 5.69 Å². The molecule has 0 bridgehead atoms. The molecule has 0 saturated carbocycles. The first-order valence-corrected chi connectivity index (χ1v) is 6.14. The SMILES string of the molecule is O=[N+]([O-])c1cc(NS(=O)(=O)Cl)ccc1Cl. The summed E-state index contributed by atoms with van der Waals surface area (Å²) in [6.07, 6.45) is 0. The van der Waals surface area contributed by atoms with Crippen LogP contribution in [0, 0.1) is 10.1 Å². The molecular weight excluding hydrogens is 267 g/mol. The van der Waals surface area contributed by atoms with Crippen molar-refractivity contribution in [3.63, 3.8) is 0 Å². The second kappa shape index (κ2) is 4.21. The van der Waals surface area contributed by atoms with Gasteiger partial charge in [-0.15, -0.1) is 0 Å². The van der Waals surface area contributed by atoms with E-state index in [-0.39, 0.29) is 10.7 Å². The van der Waals surface area contributed by atoms with Crippen LogP contribution in [0.4, 0.5) is 11.4 Å². The maximum Gasteiger partial charge on any atom is 0.319 e. The van der Waals surface area contributed by atoms with E-state index in [1.807, 2.05) is 4.72 Å². The second-order valence-electron chi connectivity index (χ2n) is 2.46. The fraction of sp³-hybridized carbons (Fsp3) is 0. The fourth-order valence-corrected chi connectivity index (χ4v) is 1.72. The highest BCUT2D eigenvalue weighted by Crippen LogP contribution is 2.27. The second-order valence-corrected chi connectivity index (χ2v) is 5.17. The van der Waals surface area contributed by atoms with E-state index in [1.165, 1.54) is 12.1 Å². The molecule has 0 aliphatic carbocycles. The molecule has 0 atom stereocenters. The van der Waals surface area contributed by atoms with Gasteiger partial charge in [-0.05, 0) is 12.1 Å². The monoisotopic (exact) mass is 270 g/mol. The Bertz CT molecular complexity index is 502. The van der Waals surface area contributed by atoms with Gasteiger partial charge < -0.3 is 0 Å². The average molecular weight is 271 g/mol. The number of nitrogens with zero attached hydrogens (tertiary/aromatic N) is 1. The largest absolute Gasteiger partial charge is 0.319 e. The summed E-state index contributed by atoms with van der Waals surface area (Å²) in [6, 6.07) is 3.43. The standard InChI is InChI=1S/C6H4Cl2N2O4S/c7-5-2-1-4(9-15(8,13)14)3-6(5)10(11)12/h1-3,9H. The van der Waals surface area contributed by atoms with Gasteiger partial charge in [0.05, 0.1) is 10.6 Å². The number of nitro benzene ring substituents is 1. The Morgan fingerprint density at radius 2 is 2.00 bits per heavy atom. The third kappa shape index (κ3) is 3.54. The molecule has 0 unspecified atom stereocenters. The number of hydrogen-bond acceptors (Lipinski definition) is 4. The number of anilines is 1. The first-order valence-electron chi connectivity index (χ1n) is 3.46. The van der Waals surface area contributed by atoms with Crippen LogP contribution in [0.15, 0.2) is 18.2 Å². The Morgan fingerprint density at radius 3 is 2.47 bits per heavy atom. The van der Waals surface area contributed by atoms with Crippen molar-refractivity contribution in [2.45, 2.75) is 0 Å². The molecule has 15 heavy (non-hydrogen) atoms.